The highest BCUT2D eigenvalue weighted by molar-refractivity contribution is 9.10. The van der Waals surface area contributed by atoms with Crippen molar-refractivity contribution in [2.45, 2.75) is 45.3 Å². The molecule has 0 spiro atoms. The highest BCUT2D eigenvalue weighted by atomic mass is 79.9. The number of nitrogens with one attached hydrogen (secondary N) is 1. The van der Waals surface area contributed by atoms with Crippen LogP contribution in [0.15, 0.2) is 22.7 Å². The van der Waals surface area contributed by atoms with Crippen LogP contribution in [0.4, 0.5) is 4.79 Å². The van der Waals surface area contributed by atoms with Crippen molar-refractivity contribution in [1.82, 2.24) is 5.32 Å². The Hall–Kier alpha value is -1.36. The van der Waals surface area contributed by atoms with Crippen LogP contribution in [0.25, 0.3) is 0 Å². The molecule has 0 saturated heterocycles. The van der Waals surface area contributed by atoms with Crippen LogP contribution in [0.3, 0.4) is 0 Å². The van der Waals surface area contributed by atoms with Gasteiger partial charge < -0.3 is 10.1 Å². The molecule has 0 bridgehead atoms. The minimum absolute atomic E-state index is 0.0191. The average molecular weight is 340 g/mol. The second-order valence-corrected chi connectivity index (χ2v) is 6.80. The molecule has 1 aromatic carbocycles. The molecule has 4 nitrogen and oxygen atoms in total. The molecule has 0 aliphatic heterocycles. The lowest BCUT2D eigenvalue weighted by Crippen LogP contribution is -2.39. The SMILES string of the molecule is CC(C)(C)OC(=O)NC1C(=O)CCc2cc(Br)ccc21. The van der Waals surface area contributed by atoms with Gasteiger partial charge in [-0.25, -0.2) is 4.79 Å². The molecular weight excluding hydrogens is 322 g/mol. The van der Waals surface area contributed by atoms with Crippen LogP contribution in [-0.2, 0) is 16.0 Å². The fourth-order valence-electron chi connectivity index (χ4n) is 2.23. The zero-order chi connectivity index (χ0) is 14.9. The molecule has 20 heavy (non-hydrogen) atoms. The van der Waals surface area contributed by atoms with Gasteiger partial charge in [0.05, 0.1) is 0 Å². The second kappa shape index (κ2) is 5.56. The van der Waals surface area contributed by atoms with Gasteiger partial charge in [-0.05, 0) is 50.5 Å². The maximum atomic E-state index is 12.1. The standard InChI is InChI=1S/C15H18BrNO3/c1-15(2,3)20-14(19)17-13-11-6-5-10(16)8-9(11)4-7-12(13)18/h5-6,8,13H,4,7H2,1-3H3,(H,17,19). The molecule has 0 radical (unpaired) electrons. The van der Waals surface area contributed by atoms with Gasteiger partial charge in [0, 0.05) is 10.9 Å². The van der Waals surface area contributed by atoms with Gasteiger partial charge in [-0.3, -0.25) is 4.79 Å². The number of alkyl carbamates (subject to hydrolysis) is 1. The van der Waals surface area contributed by atoms with Gasteiger partial charge in [0.25, 0.3) is 0 Å². The van der Waals surface area contributed by atoms with Gasteiger partial charge in [-0.1, -0.05) is 22.0 Å². The van der Waals surface area contributed by atoms with E-state index < -0.39 is 17.7 Å². The maximum Gasteiger partial charge on any atom is 0.408 e. The van der Waals surface area contributed by atoms with E-state index in [-0.39, 0.29) is 5.78 Å². The number of aryl methyl sites for hydroxylation is 1. The lowest BCUT2D eigenvalue weighted by atomic mass is 9.87. The quantitative estimate of drug-likeness (QED) is 0.851. The lowest BCUT2D eigenvalue weighted by molar-refractivity contribution is -0.121. The Bertz CT molecular complexity index is 549. The smallest absolute Gasteiger partial charge is 0.408 e. The van der Waals surface area contributed by atoms with Crippen molar-refractivity contribution in [3.8, 4) is 0 Å². The van der Waals surface area contributed by atoms with Crippen LogP contribution in [0.5, 0.6) is 0 Å². The number of carbonyl (C=O) groups excluding carboxylic acids is 2. The normalized spacial score (nSPS) is 18.4. The predicted molar refractivity (Wildman–Crippen MR) is 79.6 cm³/mol. The van der Waals surface area contributed by atoms with E-state index >= 15 is 0 Å². The first-order valence-electron chi connectivity index (χ1n) is 6.57. The highest BCUT2D eigenvalue weighted by Gasteiger charge is 2.30. The largest absolute Gasteiger partial charge is 0.444 e. The molecule has 1 aromatic rings. The van der Waals surface area contributed by atoms with E-state index in [1.165, 1.54) is 0 Å². The Balaban J connectivity index is 2.20. The summed E-state index contributed by atoms with van der Waals surface area (Å²) in [5.41, 5.74) is 1.36. The minimum atomic E-state index is -0.610. The Morgan fingerprint density at radius 2 is 2.05 bits per heavy atom. The van der Waals surface area contributed by atoms with Gasteiger partial charge in [-0.2, -0.15) is 0 Å². The first-order valence-corrected chi connectivity index (χ1v) is 7.36. The second-order valence-electron chi connectivity index (χ2n) is 5.89. The Morgan fingerprint density at radius 3 is 2.70 bits per heavy atom. The molecule has 0 aromatic heterocycles. The molecule has 5 heteroatoms. The maximum absolute atomic E-state index is 12.1. The van der Waals surface area contributed by atoms with Crippen molar-refractivity contribution < 1.29 is 14.3 Å². The Kier molecular flexibility index (Phi) is 4.18. The van der Waals surface area contributed by atoms with Gasteiger partial charge in [0.2, 0.25) is 0 Å². The molecule has 0 fully saturated rings. The summed E-state index contributed by atoms with van der Waals surface area (Å²) in [6.45, 7) is 5.38. The average Bonchev–Trinajstić information content (AvgIpc) is 2.30. The number of fused-ring (bicyclic) bond motifs is 1. The van der Waals surface area contributed by atoms with Crippen LogP contribution in [0.1, 0.15) is 44.4 Å². The van der Waals surface area contributed by atoms with Crippen molar-refractivity contribution in [1.29, 1.82) is 0 Å². The van der Waals surface area contributed by atoms with E-state index in [9.17, 15) is 9.59 Å². The lowest BCUT2D eigenvalue weighted by Gasteiger charge is -2.27. The third kappa shape index (κ3) is 3.60. The summed E-state index contributed by atoms with van der Waals surface area (Å²) in [5.74, 6) is 0.0191. The number of Topliss-reactive ketones (excluding diaryl/α,β-unsaturated/α-hetero) is 1. The summed E-state index contributed by atoms with van der Waals surface area (Å²) in [5, 5.41) is 2.67. The first kappa shape index (κ1) is 15.0. The number of halogens is 1. The molecule has 108 valence electrons. The topological polar surface area (TPSA) is 55.4 Å². The van der Waals surface area contributed by atoms with Crippen molar-refractivity contribution >= 4 is 27.8 Å². The molecule has 1 atom stereocenters. The van der Waals surface area contributed by atoms with Crippen molar-refractivity contribution in [2.24, 2.45) is 0 Å². The number of rotatable bonds is 1. The van der Waals surface area contributed by atoms with E-state index in [1.54, 1.807) is 20.8 Å². The molecule has 0 heterocycles. The highest BCUT2D eigenvalue weighted by Crippen LogP contribution is 2.29. The number of hydrogen-bond acceptors (Lipinski definition) is 3. The van der Waals surface area contributed by atoms with Crippen molar-refractivity contribution in [3.63, 3.8) is 0 Å². The summed E-state index contributed by atoms with van der Waals surface area (Å²) in [4.78, 5) is 23.9. The Labute approximate surface area is 127 Å². The van der Waals surface area contributed by atoms with E-state index in [1.807, 2.05) is 18.2 Å². The summed E-state index contributed by atoms with van der Waals surface area (Å²) in [6, 6.07) is 5.13. The van der Waals surface area contributed by atoms with Crippen LogP contribution >= 0.6 is 15.9 Å². The molecule has 1 aliphatic rings. The summed E-state index contributed by atoms with van der Waals surface area (Å²) in [7, 11) is 0. The van der Waals surface area contributed by atoms with Gasteiger partial charge in [0.1, 0.15) is 11.6 Å². The molecular formula is C15H18BrNO3. The van der Waals surface area contributed by atoms with E-state index in [4.69, 9.17) is 4.74 Å². The van der Waals surface area contributed by atoms with Crippen LogP contribution in [-0.4, -0.2) is 17.5 Å². The van der Waals surface area contributed by atoms with Gasteiger partial charge in [0.15, 0.2) is 5.78 Å². The van der Waals surface area contributed by atoms with Crippen LogP contribution in [0.2, 0.25) is 0 Å². The molecule has 1 aliphatic carbocycles. The third-order valence-corrected chi connectivity index (χ3v) is 3.53. The number of carbonyl (C=O) groups is 2. The first-order chi connectivity index (χ1) is 9.26. The van der Waals surface area contributed by atoms with Crippen molar-refractivity contribution in [3.05, 3.63) is 33.8 Å². The fraction of sp³-hybridized carbons (Fsp3) is 0.467. The third-order valence-electron chi connectivity index (χ3n) is 3.04. The number of benzene rings is 1. The van der Waals surface area contributed by atoms with Crippen LogP contribution in [0, 0.1) is 0 Å². The minimum Gasteiger partial charge on any atom is -0.444 e. The predicted octanol–water partition coefficient (Wildman–Crippen LogP) is 3.53. The van der Waals surface area contributed by atoms with E-state index in [2.05, 4.69) is 21.2 Å². The zero-order valence-electron chi connectivity index (χ0n) is 11.8. The number of hydrogen-bond donors (Lipinski definition) is 1. The number of ether oxygens (including phenoxy) is 1. The zero-order valence-corrected chi connectivity index (χ0v) is 13.4. The Morgan fingerprint density at radius 1 is 1.35 bits per heavy atom. The molecule has 1 amide bonds. The molecule has 2 rings (SSSR count). The summed E-state index contributed by atoms with van der Waals surface area (Å²) < 4.78 is 6.19. The molecule has 1 unspecified atom stereocenters. The molecule has 1 N–H and O–H groups in total. The molecule has 0 saturated carbocycles. The fourth-order valence-corrected chi connectivity index (χ4v) is 2.64. The number of ketones is 1. The van der Waals surface area contributed by atoms with E-state index in [0.717, 1.165) is 15.6 Å². The van der Waals surface area contributed by atoms with Crippen molar-refractivity contribution in [2.75, 3.05) is 0 Å². The van der Waals surface area contributed by atoms with Gasteiger partial charge >= 0.3 is 6.09 Å². The summed E-state index contributed by atoms with van der Waals surface area (Å²) >= 11 is 3.42. The van der Waals surface area contributed by atoms with Gasteiger partial charge in [-0.15, -0.1) is 0 Å². The van der Waals surface area contributed by atoms with Crippen LogP contribution < -0.4 is 5.32 Å². The summed E-state index contributed by atoms with van der Waals surface area (Å²) in [6.07, 6.45) is 0.580. The monoisotopic (exact) mass is 339 g/mol. The van der Waals surface area contributed by atoms with E-state index in [0.29, 0.717) is 12.8 Å². The number of amides is 1.